The number of rotatable bonds is 2. The Morgan fingerprint density at radius 1 is 1.42 bits per heavy atom. The molecule has 0 saturated carbocycles. The maximum atomic E-state index is 13.0. The highest BCUT2D eigenvalue weighted by Gasteiger charge is 2.33. The molecule has 1 amide bonds. The number of nitrogens with zero attached hydrogens (tertiary/aromatic N) is 1. The Kier molecular flexibility index (Phi) is 3.78. The van der Waals surface area contributed by atoms with E-state index in [4.69, 9.17) is 4.74 Å². The number of carbonyl (C=O) groups is 1. The molecular formula is C15H20FNO2. The molecule has 1 aliphatic rings. The van der Waals surface area contributed by atoms with Crippen LogP contribution in [-0.4, -0.2) is 29.7 Å². The third-order valence-electron chi connectivity index (χ3n) is 3.02. The summed E-state index contributed by atoms with van der Waals surface area (Å²) in [5.74, 6) is 0.190. The normalized spacial score (nSPS) is 16.1. The first-order chi connectivity index (χ1) is 8.83. The minimum Gasteiger partial charge on any atom is -0.444 e. The van der Waals surface area contributed by atoms with E-state index >= 15 is 0 Å². The van der Waals surface area contributed by atoms with Gasteiger partial charge in [0.05, 0.1) is 0 Å². The Bertz CT molecular complexity index is 461. The van der Waals surface area contributed by atoms with Crippen LogP contribution in [0, 0.1) is 11.7 Å². The van der Waals surface area contributed by atoms with Crippen molar-refractivity contribution in [2.45, 2.75) is 32.8 Å². The van der Waals surface area contributed by atoms with Gasteiger partial charge in [0.2, 0.25) is 0 Å². The average Bonchev–Trinajstić information content (AvgIpc) is 2.20. The van der Waals surface area contributed by atoms with Crippen molar-refractivity contribution in [3.8, 4) is 0 Å². The Hall–Kier alpha value is -1.58. The van der Waals surface area contributed by atoms with E-state index in [0.717, 1.165) is 12.0 Å². The molecule has 1 saturated heterocycles. The van der Waals surface area contributed by atoms with Crippen LogP contribution in [0.4, 0.5) is 9.18 Å². The Morgan fingerprint density at radius 2 is 2.11 bits per heavy atom. The van der Waals surface area contributed by atoms with Crippen LogP contribution in [0.15, 0.2) is 24.3 Å². The van der Waals surface area contributed by atoms with E-state index in [9.17, 15) is 9.18 Å². The predicted octanol–water partition coefficient (Wildman–Crippen LogP) is 3.24. The molecule has 4 heteroatoms. The second-order valence-electron chi connectivity index (χ2n) is 6.09. The van der Waals surface area contributed by atoms with Gasteiger partial charge in [-0.15, -0.1) is 0 Å². The van der Waals surface area contributed by atoms with Crippen LogP contribution in [-0.2, 0) is 11.2 Å². The second-order valence-corrected chi connectivity index (χ2v) is 6.09. The lowest BCUT2D eigenvalue weighted by atomic mass is 9.92. The van der Waals surface area contributed by atoms with Crippen molar-refractivity contribution in [1.82, 2.24) is 4.90 Å². The van der Waals surface area contributed by atoms with Crippen LogP contribution in [0.5, 0.6) is 0 Å². The Labute approximate surface area is 113 Å². The van der Waals surface area contributed by atoms with Gasteiger partial charge in [-0.05, 0) is 50.8 Å². The Balaban J connectivity index is 1.79. The summed E-state index contributed by atoms with van der Waals surface area (Å²) in [4.78, 5) is 13.4. The quantitative estimate of drug-likeness (QED) is 0.821. The molecule has 0 spiro atoms. The van der Waals surface area contributed by atoms with E-state index in [2.05, 4.69) is 0 Å². The highest BCUT2D eigenvalue weighted by molar-refractivity contribution is 5.69. The summed E-state index contributed by atoms with van der Waals surface area (Å²) in [6.45, 7) is 6.94. The first-order valence-electron chi connectivity index (χ1n) is 6.56. The first kappa shape index (κ1) is 13.8. The smallest absolute Gasteiger partial charge is 0.410 e. The third kappa shape index (κ3) is 3.94. The number of amides is 1. The van der Waals surface area contributed by atoms with Gasteiger partial charge in [0.25, 0.3) is 0 Å². The van der Waals surface area contributed by atoms with Crippen molar-refractivity contribution in [3.63, 3.8) is 0 Å². The van der Waals surface area contributed by atoms with Crippen LogP contribution in [0.3, 0.4) is 0 Å². The molecule has 0 aromatic heterocycles. The molecule has 1 aliphatic heterocycles. The van der Waals surface area contributed by atoms with Gasteiger partial charge >= 0.3 is 6.09 Å². The summed E-state index contributed by atoms with van der Waals surface area (Å²) in [6.07, 6.45) is 0.542. The fourth-order valence-corrected chi connectivity index (χ4v) is 2.17. The molecule has 1 aromatic rings. The molecule has 19 heavy (non-hydrogen) atoms. The first-order valence-corrected chi connectivity index (χ1v) is 6.56. The van der Waals surface area contributed by atoms with Gasteiger partial charge in [-0.2, -0.15) is 0 Å². The summed E-state index contributed by atoms with van der Waals surface area (Å²) >= 11 is 0. The van der Waals surface area contributed by atoms with E-state index in [1.807, 2.05) is 26.8 Å². The van der Waals surface area contributed by atoms with Gasteiger partial charge in [-0.1, -0.05) is 12.1 Å². The van der Waals surface area contributed by atoms with Crippen molar-refractivity contribution in [1.29, 1.82) is 0 Å². The third-order valence-corrected chi connectivity index (χ3v) is 3.02. The van der Waals surface area contributed by atoms with E-state index < -0.39 is 5.60 Å². The lowest BCUT2D eigenvalue weighted by molar-refractivity contribution is -0.000889. The lowest BCUT2D eigenvalue weighted by Gasteiger charge is -2.39. The zero-order chi connectivity index (χ0) is 14.0. The Morgan fingerprint density at radius 3 is 2.68 bits per heavy atom. The molecule has 0 bridgehead atoms. The van der Waals surface area contributed by atoms with Gasteiger partial charge in [-0.3, -0.25) is 0 Å². The molecule has 104 valence electrons. The molecule has 1 aromatic carbocycles. The number of benzene rings is 1. The maximum Gasteiger partial charge on any atom is 0.410 e. The second kappa shape index (κ2) is 5.19. The van der Waals surface area contributed by atoms with E-state index in [1.54, 1.807) is 17.0 Å². The van der Waals surface area contributed by atoms with Crippen molar-refractivity contribution in [2.24, 2.45) is 5.92 Å². The number of ether oxygens (including phenoxy) is 1. The molecule has 1 heterocycles. The summed E-state index contributed by atoms with van der Waals surface area (Å²) in [5.41, 5.74) is 0.527. The standard InChI is InChI=1S/C15H20FNO2/c1-15(2,3)19-14(18)17-9-12(10-17)7-11-5-4-6-13(16)8-11/h4-6,8,12H,7,9-10H2,1-3H3. The number of carbonyl (C=O) groups excluding carboxylic acids is 1. The number of hydrogen-bond acceptors (Lipinski definition) is 2. The zero-order valence-electron chi connectivity index (χ0n) is 11.6. The SMILES string of the molecule is CC(C)(C)OC(=O)N1CC(Cc2cccc(F)c2)C1. The zero-order valence-corrected chi connectivity index (χ0v) is 11.6. The molecule has 0 atom stereocenters. The number of hydrogen-bond donors (Lipinski definition) is 0. The molecule has 0 radical (unpaired) electrons. The molecule has 3 nitrogen and oxygen atoms in total. The van der Waals surface area contributed by atoms with Gasteiger partial charge < -0.3 is 9.64 Å². The highest BCUT2D eigenvalue weighted by Crippen LogP contribution is 2.23. The lowest BCUT2D eigenvalue weighted by Crippen LogP contribution is -2.52. The topological polar surface area (TPSA) is 29.5 Å². The van der Waals surface area contributed by atoms with E-state index in [1.165, 1.54) is 6.07 Å². The summed E-state index contributed by atoms with van der Waals surface area (Å²) in [7, 11) is 0. The monoisotopic (exact) mass is 265 g/mol. The van der Waals surface area contributed by atoms with Crippen molar-refractivity contribution in [3.05, 3.63) is 35.6 Å². The molecule has 0 N–H and O–H groups in total. The minimum atomic E-state index is -0.454. The highest BCUT2D eigenvalue weighted by atomic mass is 19.1. The average molecular weight is 265 g/mol. The summed E-state index contributed by atoms with van der Waals surface area (Å²) in [5, 5.41) is 0. The molecular weight excluding hydrogens is 245 g/mol. The van der Waals surface area contributed by atoms with Crippen LogP contribution in [0.1, 0.15) is 26.3 Å². The number of likely N-dealkylation sites (tertiary alicyclic amines) is 1. The van der Waals surface area contributed by atoms with E-state index in [-0.39, 0.29) is 11.9 Å². The van der Waals surface area contributed by atoms with Crippen LogP contribution < -0.4 is 0 Å². The molecule has 0 unspecified atom stereocenters. The summed E-state index contributed by atoms with van der Waals surface area (Å²) < 4.78 is 18.3. The van der Waals surface area contributed by atoms with Gasteiger partial charge in [0.1, 0.15) is 11.4 Å². The van der Waals surface area contributed by atoms with Gasteiger partial charge in [0.15, 0.2) is 0 Å². The van der Waals surface area contributed by atoms with Crippen molar-refractivity contribution >= 4 is 6.09 Å². The van der Waals surface area contributed by atoms with Gasteiger partial charge in [-0.25, -0.2) is 9.18 Å². The predicted molar refractivity (Wildman–Crippen MR) is 71.4 cm³/mol. The van der Waals surface area contributed by atoms with Crippen LogP contribution >= 0.6 is 0 Å². The van der Waals surface area contributed by atoms with Crippen molar-refractivity contribution < 1.29 is 13.9 Å². The van der Waals surface area contributed by atoms with Crippen molar-refractivity contribution in [2.75, 3.05) is 13.1 Å². The largest absolute Gasteiger partial charge is 0.444 e. The minimum absolute atomic E-state index is 0.208. The maximum absolute atomic E-state index is 13.0. The molecule has 2 rings (SSSR count). The van der Waals surface area contributed by atoms with Crippen LogP contribution in [0.2, 0.25) is 0 Å². The molecule has 0 aliphatic carbocycles. The molecule has 1 fully saturated rings. The fourth-order valence-electron chi connectivity index (χ4n) is 2.17. The fraction of sp³-hybridized carbons (Fsp3) is 0.533. The number of halogens is 1. The van der Waals surface area contributed by atoms with E-state index in [0.29, 0.717) is 19.0 Å². The van der Waals surface area contributed by atoms with Crippen LogP contribution in [0.25, 0.3) is 0 Å². The summed E-state index contributed by atoms with van der Waals surface area (Å²) in [6, 6.07) is 6.63. The van der Waals surface area contributed by atoms with Gasteiger partial charge in [0, 0.05) is 13.1 Å².